The Morgan fingerprint density at radius 1 is 1.09 bits per heavy atom. The number of hydrogen-bond donors (Lipinski definition) is 1. The molecule has 0 atom stereocenters. The topological polar surface area (TPSA) is 106 Å². The fourth-order valence-corrected chi connectivity index (χ4v) is 3.51. The molecule has 0 spiro atoms. The molecular formula is C24H24N4O5. The summed E-state index contributed by atoms with van der Waals surface area (Å²) in [5.74, 6) is 1.04. The van der Waals surface area contributed by atoms with Crippen LogP contribution in [-0.2, 0) is 11.2 Å². The van der Waals surface area contributed by atoms with Gasteiger partial charge in [-0.1, -0.05) is 12.1 Å². The van der Waals surface area contributed by atoms with Crippen molar-refractivity contribution in [2.45, 2.75) is 19.3 Å². The summed E-state index contributed by atoms with van der Waals surface area (Å²) in [5, 5.41) is 8.87. The minimum Gasteiger partial charge on any atom is -0.493 e. The van der Waals surface area contributed by atoms with Crippen molar-refractivity contribution in [1.29, 1.82) is 0 Å². The molecule has 0 aliphatic carbocycles. The number of anilines is 1. The van der Waals surface area contributed by atoms with E-state index in [1.807, 2.05) is 30.3 Å². The molecule has 4 rings (SSSR count). The average Bonchev–Trinajstić information content (AvgIpc) is 3.39. The molecule has 33 heavy (non-hydrogen) atoms. The molecule has 0 unspecified atom stereocenters. The fraction of sp³-hybridized carbons (Fsp3) is 0.250. The Morgan fingerprint density at radius 2 is 1.88 bits per heavy atom. The van der Waals surface area contributed by atoms with Gasteiger partial charge in [0.15, 0.2) is 17.9 Å². The molecule has 3 aromatic rings. The molecule has 170 valence electrons. The van der Waals surface area contributed by atoms with Gasteiger partial charge in [-0.25, -0.2) is 9.99 Å². The predicted molar refractivity (Wildman–Crippen MR) is 122 cm³/mol. The highest BCUT2D eigenvalue weighted by molar-refractivity contribution is 6.04. The van der Waals surface area contributed by atoms with Gasteiger partial charge in [-0.05, 0) is 42.3 Å². The highest BCUT2D eigenvalue weighted by atomic mass is 16.5. The Hall–Kier alpha value is -4.14. The minimum absolute atomic E-state index is 0.00447. The van der Waals surface area contributed by atoms with Crippen LogP contribution in [-0.4, -0.2) is 48.3 Å². The molecule has 0 bridgehead atoms. The lowest BCUT2D eigenvalue weighted by Crippen LogP contribution is -2.33. The number of aromatic nitrogens is 1. The Balaban J connectivity index is 1.40. The zero-order chi connectivity index (χ0) is 23.2. The maximum atomic E-state index is 12.4. The number of ether oxygens (including phenoxy) is 2. The van der Waals surface area contributed by atoms with Gasteiger partial charge in [-0.2, -0.15) is 5.10 Å². The molecule has 1 aromatic heterocycles. The number of carbonyl (C=O) groups excluding carboxylic acids is 2. The number of nitrogens with zero attached hydrogens (tertiary/aromatic N) is 3. The number of methoxy groups -OCH3 is 2. The molecule has 2 amide bonds. The molecule has 9 nitrogen and oxygen atoms in total. The number of hydrogen-bond acceptors (Lipinski definition) is 7. The molecule has 0 saturated heterocycles. The second-order valence-electron chi connectivity index (χ2n) is 7.40. The van der Waals surface area contributed by atoms with E-state index >= 15 is 0 Å². The van der Waals surface area contributed by atoms with Crippen molar-refractivity contribution < 1.29 is 23.5 Å². The molecule has 9 heteroatoms. The van der Waals surface area contributed by atoms with E-state index in [2.05, 4.69) is 15.4 Å². The maximum absolute atomic E-state index is 12.4. The third kappa shape index (κ3) is 5.20. The number of carbonyl (C=O) groups is 2. The van der Waals surface area contributed by atoms with Gasteiger partial charge in [0.05, 0.1) is 26.1 Å². The first-order chi connectivity index (χ1) is 16.1. The summed E-state index contributed by atoms with van der Waals surface area (Å²) in [5.41, 5.74) is 3.40. The molecule has 0 fully saturated rings. The summed E-state index contributed by atoms with van der Waals surface area (Å²) in [6.45, 7) is 0.458. The van der Waals surface area contributed by atoms with Gasteiger partial charge in [0.25, 0.3) is 5.91 Å². The summed E-state index contributed by atoms with van der Waals surface area (Å²) in [6.07, 6.45) is 4.17. The summed E-state index contributed by atoms with van der Waals surface area (Å²) in [7, 11) is 3.18. The van der Waals surface area contributed by atoms with E-state index in [4.69, 9.17) is 13.9 Å². The number of benzene rings is 2. The van der Waals surface area contributed by atoms with Crippen LogP contribution in [0, 0.1) is 0 Å². The molecule has 1 aliphatic rings. The lowest BCUT2D eigenvalue weighted by Gasteiger charge is -2.24. The lowest BCUT2D eigenvalue weighted by molar-refractivity contribution is -0.131. The Morgan fingerprint density at radius 3 is 2.58 bits per heavy atom. The number of hydrazone groups is 1. The smallest absolute Gasteiger partial charge is 0.293 e. The van der Waals surface area contributed by atoms with Crippen molar-refractivity contribution >= 4 is 23.2 Å². The molecule has 1 aliphatic heterocycles. The normalized spacial score (nSPS) is 13.5. The van der Waals surface area contributed by atoms with Gasteiger partial charge < -0.3 is 19.2 Å². The standard InChI is InChI=1S/C24H24N4O5/c1-31-20-9-5-17(13-21(20)32-2)19-8-10-23(29)28(27-19)12-11-16-3-6-18(7-4-16)26-24(30)22-14-25-15-33-22/h3-7,9,13-15H,8,10-12H2,1-2H3,(H,26,30). The van der Waals surface area contributed by atoms with Crippen LogP contribution in [0.2, 0.25) is 0 Å². The van der Waals surface area contributed by atoms with Crippen molar-refractivity contribution in [3.8, 4) is 11.5 Å². The second kappa shape index (κ2) is 9.99. The summed E-state index contributed by atoms with van der Waals surface area (Å²) in [6, 6.07) is 13.0. The van der Waals surface area contributed by atoms with Gasteiger partial charge in [0, 0.05) is 30.6 Å². The van der Waals surface area contributed by atoms with Crippen LogP contribution in [0.5, 0.6) is 11.5 Å². The first-order valence-corrected chi connectivity index (χ1v) is 10.5. The predicted octanol–water partition coefficient (Wildman–Crippen LogP) is 3.51. The number of nitrogens with one attached hydrogen (secondary N) is 1. The van der Waals surface area contributed by atoms with Crippen LogP contribution in [0.3, 0.4) is 0 Å². The average molecular weight is 448 g/mol. The molecule has 0 saturated carbocycles. The molecule has 2 aromatic carbocycles. The van der Waals surface area contributed by atoms with Gasteiger partial charge in [0.2, 0.25) is 11.7 Å². The van der Waals surface area contributed by atoms with Crippen LogP contribution in [0.25, 0.3) is 0 Å². The highest BCUT2D eigenvalue weighted by Gasteiger charge is 2.22. The van der Waals surface area contributed by atoms with Crippen LogP contribution in [0.1, 0.15) is 34.5 Å². The van der Waals surface area contributed by atoms with Gasteiger partial charge >= 0.3 is 0 Å². The van der Waals surface area contributed by atoms with Gasteiger partial charge in [0.1, 0.15) is 0 Å². The van der Waals surface area contributed by atoms with Crippen molar-refractivity contribution in [2.75, 3.05) is 26.1 Å². The van der Waals surface area contributed by atoms with Crippen LogP contribution < -0.4 is 14.8 Å². The molecule has 1 N–H and O–H groups in total. The molecular weight excluding hydrogens is 424 g/mol. The minimum atomic E-state index is -0.365. The monoisotopic (exact) mass is 448 g/mol. The van der Waals surface area contributed by atoms with E-state index in [0.717, 1.165) is 16.8 Å². The maximum Gasteiger partial charge on any atom is 0.293 e. The number of rotatable bonds is 8. The van der Waals surface area contributed by atoms with E-state index < -0.39 is 0 Å². The first-order valence-electron chi connectivity index (χ1n) is 10.5. The van der Waals surface area contributed by atoms with E-state index in [0.29, 0.717) is 43.0 Å². The Kier molecular flexibility index (Phi) is 6.68. The quantitative estimate of drug-likeness (QED) is 0.565. The van der Waals surface area contributed by atoms with Crippen LogP contribution >= 0.6 is 0 Å². The highest BCUT2D eigenvalue weighted by Crippen LogP contribution is 2.29. The number of amides is 2. The second-order valence-corrected chi connectivity index (χ2v) is 7.40. The Bertz CT molecular complexity index is 1160. The van der Waals surface area contributed by atoms with Crippen molar-refractivity contribution in [1.82, 2.24) is 9.99 Å². The molecule has 2 heterocycles. The zero-order valence-corrected chi connectivity index (χ0v) is 18.4. The summed E-state index contributed by atoms with van der Waals surface area (Å²) < 4.78 is 15.7. The van der Waals surface area contributed by atoms with E-state index in [-0.39, 0.29) is 17.6 Å². The van der Waals surface area contributed by atoms with Crippen LogP contribution in [0.15, 0.2) is 64.6 Å². The Labute approximate surface area is 191 Å². The first kappa shape index (κ1) is 22.1. The lowest BCUT2D eigenvalue weighted by atomic mass is 10.0. The fourth-order valence-electron chi connectivity index (χ4n) is 3.51. The third-order valence-corrected chi connectivity index (χ3v) is 5.30. The summed E-state index contributed by atoms with van der Waals surface area (Å²) in [4.78, 5) is 28.2. The zero-order valence-electron chi connectivity index (χ0n) is 18.4. The van der Waals surface area contributed by atoms with Gasteiger partial charge in [-0.15, -0.1) is 0 Å². The molecule has 0 radical (unpaired) electrons. The van der Waals surface area contributed by atoms with Crippen molar-refractivity contribution in [2.24, 2.45) is 5.10 Å². The number of oxazole rings is 1. The van der Waals surface area contributed by atoms with E-state index in [1.54, 1.807) is 26.4 Å². The summed E-state index contributed by atoms with van der Waals surface area (Å²) >= 11 is 0. The van der Waals surface area contributed by atoms with E-state index in [1.165, 1.54) is 17.6 Å². The van der Waals surface area contributed by atoms with Crippen molar-refractivity contribution in [3.63, 3.8) is 0 Å². The SMILES string of the molecule is COc1ccc(C2=NN(CCc3ccc(NC(=O)c4cnco4)cc3)C(=O)CC2)cc1OC. The van der Waals surface area contributed by atoms with Gasteiger partial charge in [-0.3, -0.25) is 9.59 Å². The third-order valence-electron chi connectivity index (χ3n) is 5.30. The van der Waals surface area contributed by atoms with E-state index in [9.17, 15) is 9.59 Å². The van der Waals surface area contributed by atoms with Crippen molar-refractivity contribution in [3.05, 3.63) is 71.9 Å². The van der Waals surface area contributed by atoms with Crippen LogP contribution in [0.4, 0.5) is 5.69 Å². The largest absolute Gasteiger partial charge is 0.493 e.